The highest BCUT2D eigenvalue weighted by Gasteiger charge is 2.47. The lowest BCUT2D eigenvalue weighted by atomic mass is 9.73. The SMILES string of the molecule is CCOC[C@@]12CCCO[C@@H]1CCN(C(=O)c1ccsc1)C2. The van der Waals surface area contributed by atoms with Crippen LogP contribution in [0.2, 0.25) is 0 Å². The van der Waals surface area contributed by atoms with Gasteiger partial charge < -0.3 is 14.4 Å². The molecule has 3 rings (SSSR count). The fourth-order valence-electron chi connectivity index (χ4n) is 3.55. The van der Waals surface area contributed by atoms with Crippen LogP contribution in [0.25, 0.3) is 0 Å². The molecule has 3 heterocycles. The number of hydrogen-bond acceptors (Lipinski definition) is 4. The molecule has 0 aliphatic carbocycles. The monoisotopic (exact) mass is 309 g/mol. The molecule has 0 spiro atoms. The number of piperidine rings is 1. The van der Waals surface area contributed by atoms with Crippen LogP contribution in [-0.2, 0) is 9.47 Å². The van der Waals surface area contributed by atoms with E-state index < -0.39 is 0 Å². The Bertz CT molecular complexity index is 476. The summed E-state index contributed by atoms with van der Waals surface area (Å²) in [7, 11) is 0. The van der Waals surface area contributed by atoms with Crippen molar-refractivity contribution in [1.29, 1.82) is 0 Å². The third-order valence-corrected chi connectivity index (χ3v) is 5.32. The molecule has 2 saturated heterocycles. The van der Waals surface area contributed by atoms with Crippen molar-refractivity contribution in [3.8, 4) is 0 Å². The fourth-order valence-corrected chi connectivity index (χ4v) is 4.18. The number of carbonyl (C=O) groups excluding carboxylic acids is 1. The molecule has 21 heavy (non-hydrogen) atoms. The Morgan fingerprint density at radius 2 is 2.52 bits per heavy atom. The van der Waals surface area contributed by atoms with Crippen LogP contribution in [-0.4, -0.2) is 49.8 Å². The molecule has 1 amide bonds. The van der Waals surface area contributed by atoms with E-state index in [9.17, 15) is 4.79 Å². The zero-order valence-corrected chi connectivity index (χ0v) is 13.4. The van der Waals surface area contributed by atoms with Crippen molar-refractivity contribution in [3.05, 3.63) is 22.4 Å². The smallest absolute Gasteiger partial charge is 0.254 e. The van der Waals surface area contributed by atoms with Gasteiger partial charge in [0.15, 0.2) is 0 Å². The summed E-state index contributed by atoms with van der Waals surface area (Å²) < 4.78 is 11.7. The molecule has 2 aliphatic rings. The second-order valence-electron chi connectivity index (χ2n) is 5.99. The van der Waals surface area contributed by atoms with E-state index in [-0.39, 0.29) is 17.4 Å². The average Bonchev–Trinajstić information content (AvgIpc) is 3.06. The van der Waals surface area contributed by atoms with E-state index in [0.717, 1.165) is 44.5 Å². The standard InChI is InChI=1S/C16H23NO3S/c1-2-19-12-16-6-3-8-20-14(16)4-7-17(11-16)15(18)13-5-9-21-10-13/h5,9-10,14H,2-4,6-8,11-12H2,1H3/t14-,16+/m1/s1. The molecule has 0 unspecified atom stereocenters. The first-order chi connectivity index (χ1) is 10.2. The zero-order valence-electron chi connectivity index (χ0n) is 12.5. The van der Waals surface area contributed by atoms with Crippen LogP contribution < -0.4 is 0 Å². The number of rotatable bonds is 4. The lowest BCUT2D eigenvalue weighted by Gasteiger charge is -2.50. The number of hydrogen-bond donors (Lipinski definition) is 0. The molecule has 2 fully saturated rings. The van der Waals surface area contributed by atoms with Crippen molar-refractivity contribution >= 4 is 17.2 Å². The van der Waals surface area contributed by atoms with Gasteiger partial charge in [0.25, 0.3) is 5.91 Å². The van der Waals surface area contributed by atoms with Gasteiger partial charge in [0, 0.05) is 37.1 Å². The number of carbonyl (C=O) groups is 1. The number of fused-ring (bicyclic) bond motifs is 1. The Balaban J connectivity index is 1.76. The molecule has 0 bridgehead atoms. The molecule has 2 aliphatic heterocycles. The molecule has 1 aromatic heterocycles. The van der Waals surface area contributed by atoms with E-state index in [1.54, 1.807) is 11.3 Å². The topological polar surface area (TPSA) is 38.8 Å². The number of ether oxygens (including phenoxy) is 2. The van der Waals surface area contributed by atoms with Gasteiger partial charge in [0.05, 0.1) is 18.3 Å². The van der Waals surface area contributed by atoms with Gasteiger partial charge in [-0.15, -0.1) is 0 Å². The molecule has 1 aromatic rings. The van der Waals surface area contributed by atoms with Gasteiger partial charge in [0.1, 0.15) is 0 Å². The minimum atomic E-state index is -0.0157. The summed E-state index contributed by atoms with van der Waals surface area (Å²) >= 11 is 1.57. The lowest BCUT2D eigenvalue weighted by molar-refractivity contribution is -0.146. The minimum Gasteiger partial charge on any atom is -0.381 e. The van der Waals surface area contributed by atoms with Crippen LogP contribution in [0.4, 0.5) is 0 Å². The third-order valence-electron chi connectivity index (χ3n) is 4.64. The largest absolute Gasteiger partial charge is 0.381 e. The summed E-state index contributed by atoms with van der Waals surface area (Å²) in [5.74, 6) is 0.149. The van der Waals surface area contributed by atoms with Crippen molar-refractivity contribution in [2.45, 2.75) is 32.3 Å². The van der Waals surface area contributed by atoms with E-state index in [1.807, 2.05) is 28.7 Å². The Hall–Kier alpha value is -0.910. The van der Waals surface area contributed by atoms with Crippen molar-refractivity contribution in [3.63, 3.8) is 0 Å². The van der Waals surface area contributed by atoms with Crippen molar-refractivity contribution in [2.24, 2.45) is 5.41 Å². The van der Waals surface area contributed by atoms with Crippen LogP contribution in [0.5, 0.6) is 0 Å². The van der Waals surface area contributed by atoms with E-state index in [4.69, 9.17) is 9.47 Å². The van der Waals surface area contributed by atoms with Gasteiger partial charge in [-0.05, 0) is 37.6 Å². The van der Waals surface area contributed by atoms with Gasteiger partial charge in [0.2, 0.25) is 0 Å². The number of amides is 1. The Morgan fingerprint density at radius 3 is 3.29 bits per heavy atom. The highest BCUT2D eigenvalue weighted by molar-refractivity contribution is 7.08. The highest BCUT2D eigenvalue weighted by atomic mass is 32.1. The van der Waals surface area contributed by atoms with E-state index in [1.165, 1.54) is 0 Å². The molecular formula is C16H23NO3S. The maximum atomic E-state index is 12.6. The maximum absolute atomic E-state index is 12.6. The van der Waals surface area contributed by atoms with Crippen LogP contribution in [0, 0.1) is 5.41 Å². The molecule has 0 radical (unpaired) electrons. The maximum Gasteiger partial charge on any atom is 0.254 e. The quantitative estimate of drug-likeness (QED) is 0.858. The number of likely N-dealkylation sites (tertiary alicyclic amines) is 1. The van der Waals surface area contributed by atoms with Crippen LogP contribution in [0.15, 0.2) is 16.8 Å². The van der Waals surface area contributed by atoms with Gasteiger partial charge in [-0.3, -0.25) is 4.79 Å². The van der Waals surface area contributed by atoms with Crippen molar-refractivity contribution < 1.29 is 14.3 Å². The summed E-state index contributed by atoms with van der Waals surface area (Å²) in [5, 5.41) is 3.89. The van der Waals surface area contributed by atoms with Gasteiger partial charge in [-0.25, -0.2) is 0 Å². The normalized spacial score (nSPS) is 29.2. The molecule has 116 valence electrons. The summed E-state index contributed by atoms with van der Waals surface area (Å²) in [5.41, 5.74) is 0.791. The third kappa shape index (κ3) is 3.00. The first kappa shape index (κ1) is 15.0. The second kappa shape index (κ2) is 6.46. The average molecular weight is 309 g/mol. The summed E-state index contributed by atoms with van der Waals surface area (Å²) in [6, 6.07) is 1.91. The molecule has 0 aromatic carbocycles. The Labute approximate surface area is 130 Å². The zero-order chi connectivity index (χ0) is 14.7. The molecule has 0 N–H and O–H groups in total. The fraction of sp³-hybridized carbons (Fsp3) is 0.688. The van der Waals surface area contributed by atoms with Crippen molar-refractivity contribution in [2.75, 3.05) is 32.9 Å². The minimum absolute atomic E-state index is 0.0157. The number of nitrogens with zero attached hydrogens (tertiary/aromatic N) is 1. The highest BCUT2D eigenvalue weighted by Crippen LogP contribution is 2.40. The van der Waals surface area contributed by atoms with Crippen LogP contribution in [0.3, 0.4) is 0 Å². The van der Waals surface area contributed by atoms with Gasteiger partial charge in [-0.2, -0.15) is 11.3 Å². The number of thiophene rings is 1. The predicted octanol–water partition coefficient (Wildman–Crippen LogP) is 2.80. The van der Waals surface area contributed by atoms with E-state index in [2.05, 4.69) is 0 Å². The lowest BCUT2D eigenvalue weighted by Crippen LogP contribution is -2.58. The van der Waals surface area contributed by atoms with Gasteiger partial charge >= 0.3 is 0 Å². The summed E-state index contributed by atoms with van der Waals surface area (Å²) in [6.07, 6.45) is 3.31. The second-order valence-corrected chi connectivity index (χ2v) is 6.77. The van der Waals surface area contributed by atoms with Crippen molar-refractivity contribution in [1.82, 2.24) is 4.90 Å². The molecule has 0 saturated carbocycles. The van der Waals surface area contributed by atoms with Gasteiger partial charge in [-0.1, -0.05) is 0 Å². The first-order valence-electron chi connectivity index (χ1n) is 7.76. The van der Waals surface area contributed by atoms with Crippen LogP contribution >= 0.6 is 11.3 Å². The Kier molecular flexibility index (Phi) is 4.62. The molecule has 2 atom stereocenters. The van der Waals surface area contributed by atoms with Crippen LogP contribution in [0.1, 0.15) is 36.5 Å². The first-order valence-corrected chi connectivity index (χ1v) is 8.70. The van der Waals surface area contributed by atoms with E-state index in [0.29, 0.717) is 13.2 Å². The Morgan fingerprint density at radius 1 is 1.62 bits per heavy atom. The molecule has 4 nitrogen and oxygen atoms in total. The predicted molar refractivity (Wildman–Crippen MR) is 82.7 cm³/mol. The molecule has 5 heteroatoms. The summed E-state index contributed by atoms with van der Waals surface area (Å²) in [6.45, 7) is 5.82. The summed E-state index contributed by atoms with van der Waals surface area (Å²) in [4.78, 5) is 14.6. The molecular weight excluding hydrogens is 286 g/mol. The van der Waals surface area contributed by atoms with E-state index >= 15 is 0 Å².